The van der Waals surface area contributed by atoms with Crippen LogP contribution in [0.2, 0.25) is 0 Å². The number of hydrogen-bond acceptors (Lipinski definition) is 4. The number of fused-ring (bicyclic) bond motifs is 1. The Balaban J connectivity index is 1.89. The van der Waals surface area contributed by atoms with Crippen molar-refractivity contribution in [2.45, 2.75) is 52.4 Å². The zero-order valence-corrected chi connectivity index (χ0v) is 17.3. The van der Waals surface area contributed by atoms with Crippen molar-refractivity contribution in [2.75, 3.05) is 0 Å². The van der Waals surface area contributed by atoms with Gasteiger partial charge in [0.2, 0.25) is 0 Å². The fourth-order valence-corrected chi connectivity index (χ4v) is 3.08. The summed E-state index contributed by atoms with van der Waals surface area (Å²) in [7, 11) is 0. The van der Waals surface area contributed by atoms with Gasteiger partial charge in [0, 0.05) is 40.0 Å². The SMILES string of the molecule is CC(C)(C)c1cc(-c2cc3ccncc3c(-c3cc(C(C)(C)C)[nH]n3)n2)n[nH]1. The largest absolute Gasteiger partial charge is 0.281 e. The van der Waals surface area contributed by atoms with Crippen molar-refractivity contribution < 1.29 is 0 Å². The number of pyridine rings is 2. The summed E-state index contributed by atoms with van der Waals surface area (Å²) in [5, 5.41) is 17.4. The van der Waals surface area contributed by atoms with Gasteiger partial charge < -0.3 is 0 Å². The van der Waals surface area contributed by atoms with Crippen LogP contribution < -0.4 is 0 Å². The van der Waals surface area contributed by atoms with Gasteiger partial charge in [0.1, 0.15) is 17.1 Å². The highest BCUT2D eigenvalue weighted by molar-refractivity contribution is 5.95. The molecule has 4 heterocycles. The molecular weight excluding hydrogens is 348 g/mol. The van der Waals surface area contributed by atoms with E-state index in [0.717, 1.165) is 44.9 Å². The van der Waals surface area contributed by atoms with E-state index in [4.69, 9.17) is 4.98 Å². The van der Waals surface area contributed by atoms with Crippen LogP contribution in [-0.4, -0.2) is 30.4 Å². The number of rotatable bonds is 2. The number of aromatic nitrogens is 6. The molecule has 0 atom stereocenters. The van der Waals surface area contributed by atoms with E-state index >= 15 is 0 Å². The van der Waals surface area contributed by atoms with Gasteiger partial charge in [-0.15, -0.1) is 0 Å². The summed E-state index contributed by atoms with van der Waals surface area (Å²) in [6.45, 7) is 13.0. The first-order valence-electron chi connectivity index (χ1n) is 9.50. The Kier molecular flexibility index (Phi) is 4.10. The number of nitrogens with one attached hydrogen (secondary N) is 2. The zero-order chi connectivity index (χ0) is 20.1. The number of H-pyrrole nitrogens is 2. The van der Waals surface area contributed by atoms with Crippen LogP contribution in [0.25, 0.3) is 33.5 Å². The van der Waals surface area contributed by atoms with Crippen LogP contribution in [0.3, 0.4) is 0 Å². The van der Waals surface area contributed by atoms with Crippen LogP contribution in [-0.2, 0) is 10.8 Å². The van der Waals surface area contributed by atoms with Crippen molar-refractivity contribution in [3.63, 3.8) is 0 Å². The average molecular weight is 374 g/mol. The maximum Gasteiger partial charge on any atom is 0.111 e. The molecule has 144 valence electrons. The van der Waals surface area contributed by atoms with E-state index < -0.39 is 0 Å². The van der Waals surface area contributed by atoms with Crippen LogP contribution >= 0.6 is 0 Å². The molecule has 2 N–H and O–H groups in total. The smallest absolute Gasteiger partial charge is 0.111 e. The Morgan fingerprint density at radius 1 is 0.750 bits per heavy atom. The zero-order valence-electron chi connectivity index (χ0n) is 17.3. The van der Waals surface area contributed by atoms with Crippen LogP contribution in [0, 0.1) is 0 Å². The Bertz CT molecular complexity index is 1140. The standard InChI is InChI=1S/C22H26N6/c1-21(2,3)18-10-16(25-27-18)15-9-13-7-8-23-12-14(13)20(24-15)17-11-19(28-26-17)22(4,5)6/h7-12H,1-6H3,(H,25,27)(H,26,28). The second-order valence-electron chi connectivity index (χ2n) is 9.29. The van der Waals surface area contributed by atoms with Crippen molar-refractivity contribution in [1.82, 2.24) is 30.4 Å². The molecule has 0 aliphatic carbocycles. The summed E-state index contributed by atoms with van der Waals surface area (Å²) < 4.78 is 0. The summed E-state index contributed by atoms with van der Waals surface area (Å²) >= 11 is 0. The Hall–Kier alpha value is -3.02. The van der Waals surface area contributed by atoms with Gasteiger partial charge in [0.25, 0.3) is 0 Å². The fourth-order valence-electron chi connectivity index (χ4n) is 3.08. The predicted octanol–water partition coefficient (Wildman–Crippen LogP) is 5.01. The first-order valence-corrected chi connectivity index (χ1v) is 9.50. The van der Waals surface area contributed by atoms with E-state index in [-0.39, 0.29) is 10.8 Å². The maximum absolute atomic E-state index is 4.93. The monoisotopic (exact) mass is 374 g/mol. The first-order chi connectivity index (χ1) is 13.1. The molecule has 0 spiro atoms. The fraction of sp³-hybridized carbons (Fsp3) is 0.364. The van der Waals surface area contributed by atoms with Crippen molar-refractivity contribution in [2.24, 2.45) is 0 Å². The van der Waals surface area contributed by atoms with E-state index in [0.29, 0.717) is 0 Å². The van der Waals surface area contributed by atoms with E-state index in [1.807, 2.05) is 12.3 Å². The lowest BCUT2D eigenvalue weighted by atomic mass is 9.92. The summed E-state index contributed by atoms with van der Waals surface area (Å²) in [5.74, 6) is 0. The third kappa shape index (κ3) is 3.30. The highest BCUT2D eigenvalue weighted by atomic mass is 15.1. The van der Waals surface area contributed by atoms with Gasteiger partial charge in [0.15, 0.2) is 0 Å². The van der Waals surface area contributed by atoms with Crippen molar-refractivity contribution in [1.29, 1.82) is 0 Å². The molecule has 28 heavy (non-hydrogen) atoms. The van der Waals surface area contributed by atoms with Crippen molar-refractivity contribution in [3.05, 3.63) is 48.0 Å². The molecule has 0 amide bonds. The van der Waals surface area contributed by atoms with Gasteiger partial charge in [-0.2, -0.15) is 10.2 Å². The molecule has 4 aromatic rings. The topological polar surface area (TPSA) is 83.1 Å². The molecule has 0 saturated heterocycles. The normalized spacial score (nSPS) is 12.6. The van der Waals surface area contributed by atoms with Crippen LogP contribution in [0.5, 0.6) is 0 Å². The lowest BCUT2D eigenvalue weighted by Crippen LogP contribution is -2.11. The van der Waals surface area contributed by atoms with Gasteiger partial charge in [-0.25, -0.2) is 4.98 Å². The molecule has 0 aliphatic rings. The summed E-state index contributed by atoms with van der Waals surface area (Å²) in [6, 6.07) is 8.20. The molecule has 4 aromatic heterocycles. The minimum Gasteiger partial charge on any atom is -0.281 e. The summed E-state index contributed by atoms with van der Waals surface area (Å²) in [6.07, 6.45) is 3.64. The minimum absolute atomic E-state index is 0.00134. The van der Waals surface area contributed by atoms with Crippen LogP contribution in [0.1, 0.15) is 52.9 Å². The number of aromatic amines is 2. The van der Waals surface area contributed by atoms with Crippen LogP contribution in [0.15, 0.2) is 36.7 Å². The first kappa shape index (κ1) is 18.3. The van der Waals surface area contributed by atoms with E-state index in [9.17, 15) is 0 Å². The summed E-state index contributed by atoms with van der Waals surface area (Å²) in [4.78, 5) is 9.22. The molecule has 4 rings (SSSR count). The second kappa shape index (κ2) is 6.26. The van der Waals surface area contributed by atoms with E-state index in [1.54, 1.807) is 6.20 Å². The molecule has 0 fully saturated rings. The highest BCUT2D eigenvalue weighted by Gasteiger charge is 2.21. The third-order valence-corrected chi connectivity index (χ3v) is 4.91. The predicted molar refractivity (Wildman–Crippen MR) is 112 cm³/mol. The number of hydrogen-bond donors (Lipinski definition) is 2. The third-order valence-electron chi connectivity index (χ3n) is 4.91. The van der Waals surface area contributed by atoms with Gasteiger partial charge in [-0.05, 0) is 29.7 Å². The maximum atomic E-state index is 4.93. The lowest BCUT2D eigenvalue weighted by molar-refractivity contribution is 0.566. The lowest BCUT2D eigenvalue weighted by Gasteiger charge is -2.14. The second-order valence-corrected chi connectivity index (χ2v) is 9.29. The minimum atomic E-state index is -0.0132. The molecule has 0 radical (unpaired) electrons. The van der Waals surface area contributed by atoms with E-state index in [2.05, 4.69) is 85.1 Å². The van der Waals surface area contributed by atoms with Gasteiger partial charge in [-0.3, -0.25) is 15.2 Å². The van der Waals surface area contributed by atoms with Gasteiger partial charge in [-0.1, -0.05) is 41.5 Å². The van der Waals surface area contributed by atoms with E-state index in [1.165, 1.54) is 0 Å². The Labute approximate surface area is 164 Å². The quantitative estimate of drug-likeness (QED) is 0.517. The molecule has 0 saturated carbocycles. The molecule has 0 aromatic carbocycles. The molecule has 0 unspecified atom stereocenters. The highest BCUT2D eigenvalue weighted by Crippen LogP contribution is 2.32. The van der Waals surface area contributed by atoms with Gasteiger partial charge in [0.05, 0.1) is 5.69 Å². The molecule has 6 heteroatoms. The summed E-state index contributed by atoms with van der Waals surface area (Å²) in [5.41, 5.74) is 5.41. The average Bonchev–Trinajstić information content (AvgIpc) is 3.29. The Morgan fingerprint density at radius 2 is 1.36 bits per heavy atom. The molecule has 0 aliphatic heterocycles. The van der Waals surface area contributed by atoms with Gasteiger partial charge >= 0.3 is 0 Å². The molecular formula is C22H26N6. The number of nitrogens with zero attached hydrogens (tertiary/aromatic N) is 4. The van der Waals surface area contributed by atoms with Crippen molar-refractivity contribution >= 4 is 10.8 Å². The van der Waals surface area contributed by atoms with Crippen LogP contribution in [0.4, 0.5) is 0 Å². The molecule has 0 bridgehead atoms. The Morgan fingerprint density at radius 3 is 1.96 bits per heavy atom. The molecule has 6 nitrogen and oxygen atoms in total. The van der Waals surface area contributed by atoms with Crippen molar-refractivity contribution in [3.8, 4) is 22.8 Å².